The number of thiocarbonyl (C=S) groups is 1. The van der Waals surface area contributed by atoms with Crippen molar-refractivity contribution >= 4 is 29.0 Å². The molecule has 7 heteroatoms. The van der Waals surface area contributed by atoms with Gasteiger partial charge in [-0.1, -0.05) is 12.1 Å². The second-order valence-electron chi connectivity index (χ2n) is 4.25. The van der Waals surface area contributed by atoms with Crippen molar-refractivity contribution in [2.75, 3.05) is 19.0 Å². The fourth-order valence-corrected chi connectivity index (χ4v) is 2.07. The van der Waals surface area contributed by atoms with Crippen molar-refractivity contribution in [3.63, 3.8) is 0 Å². The van der Waals surface area contributed by atoms with Gasteiger partial charge in [0.25, 0.3) is 0 Å². The first-order chi connectivity index (χ1) is 10.0. The van der Waals surface area contributed by atoms with E-state index >= 15 is 0 Å². The molecule has 1 unspecified atom stereocenters. The van der Waals surface area contributed by atoms with Gasteiger partial charge in [-0.15, -0.1) is 0 Å². The highest BCUT2D eigenvalue weighted by molar-refractivity contribution is 7.80. The van der Waals surface area contributed by atoms with Crippen LogP contribution < -0.4 is 10.1 Å². The molecule has 0 spiro atoms. The molecule has 0 aliphatic rings. The minimum Gasteiger partial charge on any atom is -0.495 e. The first kappa shape index (κ1) is 16.7. The van der Waals surface area contributed by atoms with Gasteiger partial charge in [-0.05, 0) is 31.3 Å². The van der Waals surface area contributed by atoms with Crippen LogP contribution in [0.25, 0.3) is 0 Å². The highest BCUT2D eigenvalue weighted by atomic mass is 32.1. The standard InChI is InChI=1S/C14H17N3O3S/c1-10(13(18)19)17(9-5-8-15)14(21)16-11-6-3-4-7-12(11)20-2/h3-4,6-7,10H,5,9H2,1-2H3,(H,16,21)(H,18,19). The predicted molar refractivity (Wildman–Crippen MR) is 83.2 cm³/mol. The molecule has 0 radical (unpaired) electrons. The number of aliphatic carboxylic acids is 1. The Kier molecular flexibility index (Phi) is 6.43. The van der Waals surface area contributed by atoms with Crippen LogP contribution in [-0.2, 0) is 4.79 Å². The zero-order chi connectivity index (χ0) is 15.8. The second kappa shape index (κ2) is 8.07. The number of hydrogen-bond donors (Lipinski definition) is 2. The van der Waals surface area contributed by atoms with Crippen molar-refractivity contribution in [1.29, 1.82) is 5.26 Å². The lowest BCUT2D eigenvalue weighted by Gasteiger charge is -2.28. The van der Waals surface area contributed by atoms with Crippen LogP contribution in [-0.4, -0.2) is 40.8 Å². The summed E-state index contributed by atoms with van der Waals surface area (Å²) >= 11 is 5.26. The van der Waals surface area contributed by atoms with E-state index in [2.05, 4.69) is 5.32 Å². The lowest BCUT2D eigenvalue weighted by Crippen LogP contribution is -2.45. The summed E-state index contributed by atoms with van der Waals surface area (Å²) in [4.78, 5) is 12.6. The van der Waals surface area contributed by atoms with Gasteiger partial charge in [-0.25, -0.2) is 4.79 Å². The monoisotopic (exact) mass is 307 g/mol. The van der Waals surface area contributed by atoms with Gasteiger partial charge in [-0.2, -0.15) is 5.26 Å². The zero-order valence-electron chi connectivity index (χ0n) is 11.9. The summed E-state index contributed by atoms with van der Waals surface area (Å²) in [6.07, 6.45) is 0.186. The molecular weight excluding hydrogens is 290 g/mol. The molecule has 0 heterocycles. The van der Waals surface area contributed by atoms with E-state index < -0.39 is 12.0 Å². The molecule has 0 saturated heterocycles. The van der Waals surface area contributed by atoms with E-state index in [0.717, 1.165) is 0 Å². The predicted octanol–water partition coefficient (Wildman–Crippen LogP) is 2.08. The molecule has 0 saturated carbocycles. The van der Waals surface area contributed by atoms with Crippen LogP contribution in [0.3, 0.4) is 0 Å². The van der Waals surface area contributed by atoms with Crippen LogP contribution in [0, 0.1) is 11.3 Å². The van der Waals surface area contributed by atoms with E-state index in [9.17, 15) is 4.79 Å². The first-order valence-corrected chi connectivity index (χ1v) is 6.72. The van der Waals surface area contributed by atoms with E-state index in [4.69, 9.17) is 27.3 Å². The van der Waals surface area contributed by atoms with Crippen LogP contribution in [0.2, 0.25) is 0 Å². The number of nitrogens with one attached hydrogen (secondary N) is 1. The quantitative estimate of drug-likeness (QED) is 0.778. The number of hydrogen-bond acceptors (Lipinski definition) is 4. The summed E-state index contributed by atoms with van der Waals surface area (Å²) in [5.74, 6) is -0.403. The Morgan fingerprint density at radius 2 is 2.24 bits per heavy atom. The Bertz CT molecular complexity index is 557. The van der Waals surface area contributed by atoms with Crippen molar-refractivity contribution in [3.8, 4) is 11.8 Å². The molecule has 6 nitrogen and oxygen atoms in total. The Morgan fingerprint density at radius 1 is 1.57 bits per heavy atom. The highest BCUT2D eigenvalue weighted by Gasteiger charge is 2.23. The van der Waals surface area contributed by atoms with Gasteiger partial charge >= 0.3 is 5.97 Å². The van der Waals surface area contributed by atoms with Crippen molar-refractivity contribution < 1.29 is 14.6 Å². The zero-order valence-corrected chi connectivity index (χ0v) is 12.7. The van der Waals surface area contributed by atoms with Crippen molar-refractivity contribution in [1.82, 2.24) is 4.90 Å². The molecule has 21 heavy (non-hydrogen) atoms. The maximum atomic E-state index is 11.1. The van der Waals surface area contributed by atoms with E-state index in [0.29, 0.717) is 11.4 Å². The molecule has 112 valence electrons. The Balaban J connectivity index is 2.90. The average Bonchev–Trinajstić information content (AvgIpc) is 2.47. The van der Waals surface area contributed by atoms with Gasteiger partial charge < -0.3 is 20.1 Å². The molecular formula is C14H17N3O3S. The Hall–Kier alpha value is -2.33. The van der Waals surface area contributed by atoms with Crippen molar-refractivity contribution in [3.05, 3.63) is 24.3 Å². The number of carbonyl (C=O) groups is 1. The van der Waals surface area contributed by atoms with Gasteiger partial charge in [0.15, 0.2) is 5.11 Å². The minimum absolute atomic E-state index is 0.186. The van der Waals surface area contributed by atoms with Crippen LogP contribution >= 0.6 is 12.2 Å². The third-order valence-electron chi connectivity index (χ3n) is 2.90. The van der Waals surface area contributed by atoms with E-state index in [-0.39, 0.29) is 18.1 Å². The number of nitriles is 1. The molecule has 0 bridgehead atoms. The maximum absolute atomic E-state index is 11.1. The molecule has 1 aromatic rings. The van der Waals surface area contributed by atoms with Crippen LogP contribution in [0.4, 0.5) is 5.69 Å². The number of carboxylic acid groups (broad SMARTS) is 1. The summed E-state index contributed by atoms with van der Waals surface area (Å²) in [5.41, 5.74) is 0.643. The summed E-state index contributed by atoms with van der Waals surface area (Å²) in [5, 5.41) is 21.0. The van der Waals surface area contributed by atoms with Gasteiger partial charge in [0.05, 0.1) is 25.3 Å². The molecule has 0 amide bonds. The summed E-state index contributed by atoms with van der Waals surface area (Å²) < 4.78 is 5.21. The highest BCUT2D eigenvalue weighted by Crippen LogP contribution is 2.23. The molecule has 0 aliphatic carbocycles. The largest absolute Gasteiger partial charge is 0.495 e. The van der Waals surface area contributed by atoms with E-state index in [1.807, 2.05) is 18.2 Å². The molecule has 1 aromatic carbocycles. The van der Waals surface area contributed by atoms with Crippen molar-refractivity contribution in [2.24, 2.45) is 0 Å². The lowest BCUT2D eigenvalue weighted by atomic mass is 10.2. The second-order valence-corrected chi connectivity index (χ2v) is 4.63. The Morgan fingerprint density at radius 3 is 2.81 bits per heavy atom. The normalized spacial score (nSPS) is 11.1. The third-order valence-corrected chi connectivity index (χ3v) is 3.24. The number of carboxylic acids is 1. The van der Waals surface area contributed by atoms with E-state index in [1.165, 1.54) is 18.9 Å². The van der Waals surface area contributed by atoms with Crippen LogP contribution in [0.15, 0.2) is 24.3 Å². The number of anilines is 1. The third kappa shape index (κ3) is 4.61. The molecule has 0 aromatic heterocycles. The molecule has 1 rings (SSSR count). The smallest absolute Gasteiger partial charge is 0.326 e. The molecule has 0 aliphatic heterocycles. The number of rotatable bonds is 6. The molecule has 0 fully saturated rings. The number of para-hydroxylation sites is 2. The average molecular weight is 307 g/mol. The topological polar surface area (TPSA) is 85.6 Å². The fourth-order valence-electron chi connectivity index (χ4n) is 1.71. The number of methoxy groups -OCH3 is 1. The summed E-state index contributed by atoms with van der Waals surface area (Å²) in [6, 6.07) is 8.34. The van der Waals surface area contributed by atoms with E-state index in [1.54, 1.807) is 12.1 Å². The number of nitrogens with zero attached hydrogens (tertiary/aromatic N) is 2. The van der Waals surface area contributed by atoms with Crippen molar-refractivity contribution in [2.45, 2.75) is 19.4 Å². The van der Waals surface area contributed by atoms with Gasteiger partial charge in [0.2, 0.25) is 0 Å². The minimum atomic E-state index is -1.00. The summed E-state index contributed by atoms with van der Waals surface area (Å²) in [7, 11) is 1.54. The van der Waals surface area contributed by atoms with Crippen LogP contribution in [0.1, 0.15) is 13.3 Å². The Labute approximate surface area is 128 Å². The first-order valence-electron chi connectivity index (χ1n) is 6.31. The molecule has 1 atom stereocenters. The lowest BCUT2D eigenvalue weighted by molar-refractivity contribution is -0.141. The molecule has 2 N–H and O–H groups in total. The number of ether oxygens (including phenoxy) is 1. The van der Waals surface area contributed by atoms with Gasteiger partial charge in [0, 0.05) is 6.54 Å². The van der Waals surface area contributed by atoms with Crippen LogP contribution in [0.5, 0.6) is 5.75 Å². The van der Waals surface area contributed by atoms with Gasteiger partial charge in [0.1, 0.15) is 11.8 Å². The maximum Gasteiger partial charge on any atom is 0.326 e. The van der Waals surface area contributed by atoms with Gasteiger partial charge in [-0.3, -0.25) is 0 Å². The SMILES string of the molecule is COc1ccccc1NC(=S)N(CCC#N)C(C)C(=O)O. The number of benzene rings is 1. The summed E-state index contributed by atoms with van der Waals surface area (Å²) in [6.45, 7) is 1.76. The fraction of sp³-hybridized carbons (Fsp3) is 0.357.